The van der Waals surface area contributed by atoms with Gasteiger partial charge in [0.15, 0.2) is 11.5 Å². The van der Waals surface area contributed by atoms with Gasteiger partial charge in [0, 0.05) is 25.6 Å². The average Bonchev–Trinajstić information content (AvgIpc) is 2.65. The molecule has 1 aromatic carbocycles. The molecule has 5 nitrogen and oxygen atoms in total. The number of amides is 1. The van der Waals surface area contributed by atoms with E-state index in [1.807, 2.05) is 19.1 Å². The second-order valence-corrected chi connectivity index (χ2v) is 7.82. The van der Waals surface area contributed by atoms with Gasteiger partial charge >= 0.3 is 0 Å². The molecule has 1 amide bonds. The number of rotatable bonds is 5. The standard InChI is InChI=1S/C21H32N2O3/c1-3-26-20-13-17(6-7-19(20)24)15-22-11-8-18(9-12-22)21(25)23-10-4-5-16(2)14-23/h6-7,13,16,18,24H,3-5,8-12,14-15H2,1-2H3. The maximum Gasteiger partial charge on any atom is 0.225 e. The van der Waals surface area contributed by atoms with E-state index in [0.29, 0.717) is 24.2 Å². The van der Waals surface area contributed by atoms with Crippen LogP contribution in [-0.4, -0.2) is 53.6 Å². The summed E-state index contributed by atoms with van der Waals surface area (Å²) in [6.45, 7) is 9.31. The number of nitrogens with zero attached hydrogens (tertiary/aromatic N) is 2. The Bertz CT molecular complexity index is 611. The van der Waals surface area contributed by atoms with Crippen molar-refractivity contribution in [2.45, 2.75) is 46.1 Å². The molecule has 2 heterocycles. The first-order chi connectivity index (χ1) is 12.6. The number of hydrogen-bond acceptors (Lipinski definition) is 4. The van der Waals surface area contributed by atoms with Gasteiger partial charge in [0.25, 0.3) is 0 Å². The number of likely N-dealkylation sites (tertiary alicyclic amines) is 2. The average molecular weight is 360 g/mol. The van der Waals surface area contributed by atoms with Gasteiger partial charge < -0.3 is 14.7 Å². The molecule has 0 bridgehead atoms. The lowest BCUT2D eigenvalue weighted by atomic mass is 9.92. The maximum atomic E-state index is 12.8. The van der Waals surface area contributed by atoms with Crippen molar-refractivity contribution in [2.24, 2.45) is 11.8 Å². The SMILES string of the molecule is CCOc1cc(CN2CCC(C(=O)N3CCCC(C)C3)CC2)ccc1O. The summed E-state index contributed by atoms with van der Waals surface area (Å²) in [7, 11) is 0. The molecule has 144 valence electrons. The number of hydrogen-bond donors (Lipinski definition) is 1. The molecule has 0 aliphatic carbocycles. The first-order valence-electron chi connectivity index (χ1n) is 10.0. The second-order valence-electron chi connectivity index (χ2n) is 7.82. The summed E-state index contributed by atoms with van der Waals surface area (Å²) in [5, 5.41) is 9.83. The molecule has 0 spiro atoms. The topological polar surface area (TPSA) is 53.0 Å². The summed E-state index contributed by atoms with van der Waals surface area (Å²) in [6, 6.07) is 5.57. The first-order valence-corrected chi connectivity index (χ1v) is 10.0. The van der Waals surface area contributed by atoms with Crippen LogP contribution in [0, 0.1) is 11.8 Å². The Labute approximate surface area is 156 Å². The fraction of sp³-hybridized carbons (Fsp3) is 0.667. The van der Waals surface area contributed by atoms with Crippen molar-refractivity contribution in [1.29, 1.82) is 0 Å². The molecular weight excluding hydrogens is 328 g/mol. The van der Waals surface area contributed by atoms with Crippen LogP contribution in [0.1, 0.15) is 45.1 Å². The van der Waals surface area contributed by atoms with E-state index in [-0.39, 0.29) is 11.7 Å². The van der Waals surface area contributed by atoms with Crippen LogP contribution in [0.3, 0.4) is 0 Å². The van der Waals surface area contributed by atoms with E-state index in [2.05, 4.69) is 16.7 Å². The highest BCUT2D eigenvalue weighted by Crippen LogP contribution is 2.29. The quantitative estimate of drug-likeness (QED) is 0.876. The molecule has 2 saturated heterocycles. The van der Waals surface area contributed by atoms with E-state index in [1.165, 1.54) is 6.42 Å². The van der Waals surface area contributed by atoms with Crippen LogP contribution < -0.4 is 4.74 Å². The molecule has 0 saturated carbocycles. The fourth-order valence-electron chi connectivity index (χ4n) is 4.17. The summed E-state index contributed by atoms with van der Waals surface area (Å²) in [5.74, 6) is 1.95. The predicted molar refractivity (Wildman–Crippen MR) is 102 cm³/mol. The Kier molecular flexibility index (Phi) is 6.41. The van der Waals surface area contributed by atoms with E-state index < -0.39 is 0 Å². The predicted octanol–water partition coefficient (Wildman–Crippen LogP) is 3.26. The van der Waals surface area contributed by atoms with Crippen LogP contribution in [0.5, 0.6) is 11.5 Å². The molecule has 0 radical (unpaired) electrons. The number of benzene rings is 1. The lowest BCUT2D eigenvalue weighted by molar-refractivity contribution is -0.138. The van der Waals surface area contributed by atoms with Crippen molar-refractivity contribution in [1.82, 2.24) is 9.80 Å². The Balaban J connectivity index is 1.51. The van der Waals surface area contributed by atoms with Gasteiger partial charge in [-0.1, -0.05) is 13.0 Å². The highest BCUT2D eigenvalue weighted by atomic mass is 16.5. The number of piperidine rings is 2. The van der Waals surface area contributed by atoms with Gasteiger partial charge in [0.2, 0.25) is 5.91 Å². The van der Waals surface area contributed by atoms with Gasteiger partial charge in [0.05, 0.1) is 6.61 Å². The van der Waals surface area contributed by atoms with Crippen LogP contribution in [0.4, 0.5) is 0 Å². The third-order valence-corrected chi connectivity index (χ3v) is 5.64. The lowest BCUT2D eigenvalue weighted by Crippen LogP contribution is -2.45. The Morgan fingerprint density at radius 2 is 2.00 bits per heavy atom. The molecule has 3 rings (SSSR count). The van der Waals surface area contributed by atoms with Crippen LogP contribution in [0.15, 0.2) is 18.2 Å². The molecule has 2 fully saturated rings. The first kappa shape index (κ1) is 19.0. The highest BCUT2D eigenvalue weighted by Gasteiger charge is 2.30. The van der Waals surface area contributed by atoms with E-state index in [0.717, 1.165) is 57.5 Å². The van der Waals surface area contributed by atoms with Crippen LogP contribution in [0.2, 0.25) is 0 Å². The van der Waals surface area contributed by atoms with Gasteiger partial charge in [-0.2, -0.15) is 0 Å². The summed E-state index contributed by atoms with van der Waals surface area (Å²) in [5.41, 5.74) is 1.14. The van der Waals surface area contributed by atoms with Crippen molar-refractivity contribution < 1.29 is 14.6 Å². The molecule has 1 unspecified atom stereocenters. The van der Waals surface area contributed by atoms with Crippen molar-refractivity contribution in [3.05, 3.63) is 23.8 Å². The number of phenols is 1. The smallest absolute Gasteiger partial charge is 0.225 e. The zero-order valence-electron chi connectivity index (χ0n) is 16.1. The van der Waals surface area contributed by atoms with Gasteiger partial charge in [-0.3, -0.25) is 9.69 Å². The summed E-state index contributed by atoms with van der Waals surface area (Å²) >= 11 is 0. The Morgan fingerprint density at radius 3 is 2.69 bits per heavy atom. The number of phenolic OH excluding ortho intramolecular Hbond substituents is 1. The molecular formula is C21H32N2O3. The van der Waals surface area contributed by atoms with Crippen LogP contribution >= 0.6 is 0 Å². The summed E-state index contributed by atoms with van der Waals surface area (Å²) < 4.78 is 5.47. The summed E-state index contributed by atoms with van der Waals surface area (Å²) in [6.07, 6.45) is 4.29. The van der Waals surface area contributed by atoms with Gasteiger partial charge in [-0.05, 0) is 69.3 Å². The normalized spacial score (nSPS) is 22.4. The van der Waals surface area contributed by atoms with Gasteiger partial charge in [-0.25, -0.2) is 0 Å². The molecule has 1 N–H and O–H groups in total. The van der Waals surface area contributed by atoms with E-state index in [9.17, 15) is 9.90 Å². The molecule has 1 aromatic rings. The lowest BCUT2D eigenvalue weighted by Gasteiger charge is -2.37. The maximum absolute atomic E-state index is 12.8. The largest absolute Gasteiger partial charge is 0.504 e. The number of aromatic hydroxyl groups is 1. The second kappa shape index (κ2) is 8.76. The number of ether oxygens (including phenoxy) is 1. The molecule has 1 atom stereocenters. The fourth-order valence-corrected chi connectivity index (χ4v) is 4.17. The van der Waals surface area contributed by atoms with Gasteiger partial charge in [0.1, 0.15) is 0 Å². The zero-order valence-corrected chi connectivity index (χ0v) is 16.1. The molecule has 0 aromatic heterocycles. The minimum absolute atomic E-state index is 0.190. The van der Waals surface area contributed by atoms with Crippen molar-refractivity contribution >= 4 is 5.91 Å². The zero-order chi connectivity index (χ0) is 18.5. The summed E-state index contributed by atoms with van der Waals surface area (Å²) in [4.78, 5) is 17.3. The van der Waals surface area contributed by atoms with Gasteiger partial charge in [-0.15, -0.1) is 0 Å². The van der Waals surface area contributed by atoms with Crippen molar-refractivity contribution in [3.63, 3.8) is 0 Å². The Hall–Kier alpha value is -1.75. The molecule has 26 heavy (non-hydrogen) atoms. The van der Waals surface area contributed by atoms with Crippen molar-refractivity contribution in [3.8, 4) is 11.5 Å². The van der Waals surface area contributed by atoms with E-state index in [1.54, 1.807) is 6.07 Å². The van der Waals surface area contributed by atoms with Crippen LogP contribution in [-0.2, 0) is 11.3 Å². The minimum atomic E-state index is 0.190. The highest BCUT2D eigenvalue weighted by molar-refractivity contribution is 5.79. The monoisotopic (exact) mass is 360 g/mol. The van der Waals surface area contributed by atoms with E-state index in [4.69, 9.17) is 4.74 Å². The molecule has 2 aliphatic heterocycles. The molecule has 2 aliphatic rings. The number of carbonyl (C=O) groups is 1. The Morgan fingerprint density at radius 1 is 1.23 bits per heavy atom. The van der Waals surface area contributed by atoms with Crippen LogP contribution in [0.25, 0.3) is 0 Å². The third kappa shape index (κ3) is 4.70. The molecule has 5 heteroatoms. The third-order valence-electron chi connectivity index (χ3n) is 5.64. The van der Waals surface area contributed by atoms with E-state index >= 15 is 0 Å². The number of carbonyl (C=O) groups excluding carboxylic acids is 1. The van der Waals surface area contributed by atoms with Crippen molar-refractivity contribution in [2.75, 3.05) is 32.8 Å². The minimum Gasteiger partial charge on any atom is -0.504 e.